The van der Waals surface area contributed by atoms with Crippen molar-refractivity contribution in [3.63, 3.8) is 0 Å². The Morgan fingerprint density at radius 2 is 2.20 bits per heavy atom. The molecule has 2 nitrogen and oxygen atoms in total. The molecular weight excluding hydrogens is 199 g/mol. The van der Waals surface area contributed by atoms with Gasteiger partial charge in [0.1, 0.15) is 0 Å². The molecule has 2 N–H and O–H groups in total. The number of anilines is 1. The Morgan fingerprint density at radius 3 is 3.07 bits per heavy atom. The zero-order chi connectivity index (χ0) is 10.3. The van der Waals surface area contributed by atoms with Crippen LogP contribution in [0.5, 0.6) is 0 Å². The van der Waals surface area contributed by atoms with Gasteiger partial charge in [0.15, 0.2) is 0 Å². The minimum atomic E-state index is 0.265. The predicted octanol–water partition coefficient (Wildman–Crippen LogP) is 2.16. The molecule has 1 atom stereocenters. The monoisotopic (exact) mass is 212 g/mol. The fourth-order valence-corrected chi connectivity index (χ4v) is 3.25. The molecule has 1 aromatic heterocycles. The third kappa shape index (κ3) is 1.35. The molecular formula is C12H13AlN2. The van der Waals surface area contributed by atoms with Crippen molar-refractivity contribution >= 4 is 36.8 Å². The molecule has 0 radical (unpaired) electrons. The number of aromatic amines is 1. The number of H-pyrrole nitrogens is 1. The number of hydrogen-bond acceptors (Lipinski definition) is 1. The molecule has 1 aliphatic heterocycles. The maximum absolute atomic E-state index is 4.11. The molecule has 2 heterocycles. The van der Waals surface area contributed by atoms with Crippen molar-refractivity contribution in [2.24, 2.45) is 0 Å². The van der Waals surface area contributed by atoms with Crippen LogP contribution >= 0.6 is 0 Å². The van der Waals surface area contributed by atoms with Crippen molar-refractivity contribution in [2.45, 2.75) is 11.2 Å². The van der Waals surface area contributed by atoms with Gasteiger partial charge in [-0.2, -0.15) is 0 Å². The van der Waals surface area contributed by atoms with Crippen LogP contribution in [0, 0.1) is 0 Å². The maximum atomic E-state index is 4.11. The second kappa shape index (κ2) is 3.52. The van der Waals surface area contributed by atoms with E-state index < -0.39 is 0 Å². The van der Waals surface area contributed by atoms with Crippen LogP contribution in [0.2, 0.25) is 0 Å². The summed E-state index contributed by atoms with van der Waals surface area (Å²) in [7, 11) is 0. The van der Waals surface area contributed by atoms with E-state index in [9.17, 15) is 0 Å². The van der Waals surface area contributed by atoms with Gasteiger partial charge in [-0.25, -0.2) is 0 Å². The summed E-state index contributed by atoms with van der Waals surface area (Å²) < 4.78 is 0.675. The first-order chi connectivity index (χ1) is 7.40. The van der Waals surface area contributed by atoms with Crippen molar-refractivity contribution in [3.8, 4) is 0 Å². The first kappa shape index (κ1) is 9.21. The van der Waals surface area contributed by atoms with E-state index in [0.717, 1.165) is 6.54 Å². The van der Waals surface area contributed by atoms with Gasteiger partial charge in [-0.3, -0.25) is 0 Å². The fourth-order valence-electron chi connectivity index (χ4n) is 2.36. The van der Waals surface area contributed by atoms with Gasteiger partial charge in [0.05, 0.1) is 0 Å². The van der Waals surface area contributed by atoms with E-state index in [4.69, 9.17) is 0 Å². The number of benzene rings is 1. The third-order valence-electron chi connectivity index (χ3n) is 3.15. The van der Waals surface area contributed by atoms with Gasteiger partial charge in [0, 0.05) is 0 Å². The van der Waals surface area contributed by atoms with E-state index in [1.807, 2.05) is 0 Å². The molecule has 1 unspecified atom stereocenters. The van der Waals surface area contributed by atoms with E-state index in [-0.39, 0.29) is 14.8 Å². The van der Waals surface area contributed by atoms with Gasteiger partial charge in [-0.05, 0) is 0 Å². The second-order valence-corrected chi connectivity index (χ2v) is 5.29. The van der Waals surface area contributed by atoms with E-state index >= 15 is 0 Å². The molecule has 1 aliphatic rings. The average Bonchev–Trinajstić information content (AvgIpc) is 2.67. The summed E-state index contributed by atoms with van der Waals surface area (Å²) in [5.74, 6) is 0. The molecule has 0 aliphatic carbocycles. The van der Waals surface area contributed by atoms with Crippen molar-refractivity contribution in [2.75, 3.05) is 11.9 Å². The van der Waals surface area contributed by atoms with E-state index in [1.165, 1.54) is 28.7 Å². The molecule has 0 fully saturated rings. The molecule has 0 bridgehead atoms. The van der Waals surface area contributed by atoms with Gasteiger partial charge in [-0.15, -0.1) is 0 Å². The SMILES string of the molecule is [CH2]=[Al][CH]1CCNc2c1[nH]c1ccccc21. The Labute approximate surface area is 94.9 Å². The number of aromatic nitrogens is 1. The van der Waals surface area contributed by atoms with E-state index in [0.29, 0.717) is 4.78 Å². The minimum absolute atomic E-state index is 0.265. The summed E-state index contributed by atoms with van der Waals surface area (Å²) >= 11 is 0.265. The van der Waals surface area contributed by atoms with Crippen molar-refractivity contribution < 1.29 is 0 Å². The van der Waals surface area contributed by atoms with Gasteiger partial charge >= 0.3 is 94.8 Å². The Morgan fingerprint density at radius 1 is 1.33 bits per heavy atom. The van der Waals surface area contributed by atoms with Crippen LogP contribution in [0.15, 0.2) is 24.3 Å². The number of fused-ring (bicyclic) bond motifs is 3. The van der Waals surface area contributed by atoms with Crippen LogP contribution in [0.4, 0.5) is 5.69 Å². The Balaban J connectivity index is 2.28. The molecule has 0 saturated carbocycles. The number of hydrogen-bond donors (Lipinski definition) is 2. The molecule has 0 amide bonds. The molecule has 0 spiro atoms. The molecule has 3 heteroatoms. The van der Waals surface area contributed by atoms with Crippen LogP contribution in [-0.4, -0.2) is 31.7 Å². The topological polar surface area (TPSA) is 27.8 Å². The zero-order valence-corrected chi connectivity index (χ0v) is 9.74. The third-order valence-corrected chi connectivity index (χ3v) is 4.38. The average molecular weight is 212 g/mol. The molecule has 15 heavy (non-hydrogen) atoms. The number of nitrogens with one attached hydrogen (secondary N) is 2. The predicted molar refractivity (Wildman–Crippen MR) is 67.0 cm³/mol. The van der Waals surface area contributed by atoms with Gasteiger partial charge < -0.3 is 0 Å². The normalized spacial score (nSPS) is 19.3. The van der Waals surface area contributed by atoms with Crippen LogP contribution in [0.1, 0.15) is 16.9 Å². The van der Waals surface area contributed by atoms with Gasteiger partial charge in [0.25, 0.3) is 0 Å². The van der Waals surface area contributed by atoms with Crippen LogP contribution in [0.25, 0.3) is 10.9 Å². The number of para-hydroxylation sites is 1. The quantitative estimate of drug-likeness (QED) is 0.696. The summed E-state index contributed by atoms with van der Waals surface area (Å²) in [6, 6.07) is 8.50. The molecule has 2 aromatic rings. The standard InChI is InChI=1S/C11H11N2.CH2.Al/c1-2-5-9-8(4-1)11-10(13-9)6-3-7-12-11;;/h1-2,4-6,12-13H,3,7H2;1H2;. The van der Waals surface area contributed by atoms with Crippen molar-refractivity contribution in [1.29, 1.82) is 0 Å². The van der Waals surface area contributed by atoms with Crippen LogP contribution in [-0.2, 0) is 0 Å². The summed E-state index contributed by atoms with van der Waals surface area (Å²) in [6.07, 6.45) is 1.22. The van der Waals surface area contributed by atoms with Gasteiger partial charge in [-0.1, -0.05) is 0 Å². The van der Waals surface area contributed by atoms with E-state index in [2.05, 4.69) is 40.0 Å². The first-order valence-corrected chi connectivity index (χ1v) is 6.85. The zero-order valence-electron chi connectivity index (χ0n) is 8.59. The van der Waals surface area contributed by atoms with E-state index in [1.54, 1.807) is 0 Å². The second-order valence-electron chi connectivity index (χ2n) is 4.02. The Bertz CT molecular complexity index is 515. The van der Waals surface area contributed by atoms with Crippen LogP contribution < -0.4 is 5.32 Å². The number of rotatable bonds is 1. The Kier molecular flexibility index (Phi) is 2.16. The molecule has 3 rings (SSSR count). The van der Waals surface area contributed by atoms with Crippen molar-refractivity contribution in [1.82, 2.24) is 4.98 Å². The molecule has 1 aromatic carbocycles. The summed E-state index contributed by atoms with van der Waals surface area (Å²) in [6.45, 7) is 1.09. The molecule has 74 valence electrons. The van der Waals surface area contributed by atoms with Crippen LogP contribution in [0.3, 0.4) is 0 Å². The Hall–Kier alpha value is -1.04. The summed E-state index contributed by atoms with van der Waals surface area (Å²) in [4.78, 5) is 3.54. The fraction of sp³-hybridized carbons (Fsp3) is 0.250. The van der Waals surface area contributed by atoms with Crippen molar-refractivity contribution in [3.05, 3.63) is 30.0 Å². The first-order valence-electron chi connectivity index (χ1n) is 5.37. The van der Waals surface area contributed by atoms with Gasteiger partial charge in [0.2, 0.25) is 0 Å². The molecule has 0 saturated heterocycles. The summed E-state index contributed by atoms with van der Waals surface area (Å²) in [5, 5.41) is 8.94. The summed E-state index contributed by atoms with van der Waals surface area (Å²) in [5.41, 5.74) is 3.94.